The summed E-state index contributed by atoms with van der Waals surface area (Å²) in [5.41, 5.74) is 7.71. The Labute approximate surface area is 96.3 Å². The van der Waals surface area contributed by atoms with Crippen LogP contribution >= 0.6 is 0 Å². The lowest BCUT2D eigenvalue weighted by molar-refractivity contribution is 1.10. The Hall–Kier alpha value is -2.56. The molecule has 4 N–H and O–H groups in total. The van der Waals surface area contributed by atoms with Gasteiger partial charge in [0.25, 0.3) is 0 Å². The fourth-order valence-electron chi connectivity index (χ4n) is 1.84. The number of nitrogen functional groups attached to an aromatic ring is 1. The topological polar surface area (TPSA) is 87.6 Å². The van der Waals surface area contributed by atoms with E-state index in [1.165, 1.54) is 6.20 Å². The van der Waals surface area contributed by atoms with Crippen molar-refractivity contribution in [2.24, 2.45) is 0 Å². The Kier molecular flexibility index (Phi) is 1.98. The van der Waals surface area contributed by atoms with Crippen molar-refractivity contribution in [1.82, 2.24) is 15.2 Å². The minimum absolute atomic E-state index is 0.191. The van der Waals surface area contributed by atoms with Crippen LogP contribution < -0.4 is 11.2 Å². The molecule has 0 radical (unpaired) electrons. The SMILES string of the molecule is Nc1c[nH]c2n[nH]c(-c3ccccc3)c2c1=O. The lowest BCUT2D eigenvalue weighted by Crippen LogP contribution is -2.08. The highest BCUT2D eigenvalue weighted by atomic mass is 16.1. The van der Waals surface area contributed by atoms with Gasteiger partial charge in [0.15, 0.2) is 5.65 Å². The number of pyridine rings is 1. The van der Waals surface area contributed by atoms with E-state index < -0.39 is 0 Å². The molecule has 2 aromatic heterocycles. The van der Waals surface area contributed by atoms with E-state index in [0.717, 1.165) is 5.56 Å². The first kappa shape index (κ1) is 9.65. The van der Waals surface area contributed by atoms with Crippen molar-refractivity contribution >= 4 is 16.7 Å². The Morgan fingerprint density at radius 3 is 2.71 bits per heavy atom. The summed E-state index contributed by atoms with van der Waals surface area (Å²) in [6.45, 7) is 0. The van der Waals surface area contributed by atoms with Gasteiger partial charge in [0.1, 0.15) is 0 Å². The van der Waals surface area contributed by atoms with E-state index in [9.17, 15) is 4.79 Å². The molecule has 0 aliphatic rings. The van der Waals surface area contributed by atoms with Gasteiger partial charge in [-0.1, -0.05) is 30.3 Å². The first-order chi connectivity index (χ1) is 8.27. The van der Waals surface area contributed by atoms with E-state index in [1.807, 2.05) is 30.3 Å². The number of nitrogens with zero attached hydrogens (tertiary/aromatic N) is 1. The van der Waals surface area contributed by atoms with Crippen molar-refractivity contribution in [3.05, 3.63) is 46.8 Å². The lowest BCUT2D eigenvalue weighted by Gasteiger charge is -1.98. The summed E-state index contributed by atoms with van der Waals surface area (Å²) in [5.74, 6) is 0. The van der Waals surface area contributed by atoms with Gasteiger partial charge in [-0.2, -0.15) is 5.10 Å². The zero-order valence-electron chi connectivity index (χ0n) is 8.90. The maximum Gasteiger partial charge on any atom is 0.216 e. The van der Waals surface area contributed by atoms with Crippen LogP contribution in [0.1, 0.15) is 0 Å². The Morgan fingerprint density at radius 2 is 1.94 bits per heavy atom. The summed E-state index contributed by atoms with van der Waals surface area (Å²) >= 11 is 0. The molecule has 0 unspecified atom stereocenters. The number of anilines is 1. The Bertz CT molecular complexity index is 727. The molecule has 0 atom stereocenters. The molecular weight excluding hydrogens is 216 g/mol. The van der Waals surface area contributed by atoms with Gasteiger partial charge in [0.2, 0.25) is 5.43 Å². The second-order valence-electron chi connectivity index (χ2n) is 3.76. The van der Waals surface area contributed by atoms with Gasteiger partial charge in [-0.3, -0.25) is 9.89 Å². The van der Waals surface area contributed by atoms with E-state index in [0.29, 0.717) is 16.7 Å². The monoisotopic (exact) mass is 226 g/mol. The third-order valence-electron chi connectivity index (χ3n) is 2.68. The van der Waals surface area contributed by atoms with Gasteiger partial charge >= 0.3 is 0 Å². The van der Waals surface area contributed by atoms with Gasteiger partial charge in [-0.15, -0.1) is 0 Å². The second kappa shape index (κ2) is 3.48. The summed E-state index contributed by atoms with van der Waals surface area (Å²) in [4.78, 5) is 14.9. The molecule has 0 aliphatic carbocycles. The van der Waals surface area contributed by atoms with Crippen molar-refractivity contribution < 1.29 is 0 Å². The number of fused-ring (bicyclic) bond motifs is 1. The average molecular weight is 226 g/mol. The predicted molar refractivity (Wildman–Crippen MR) is 66.6 cm³/mol. The predicted octanol–water partition coefficient (Wildman–Crippen LogP) is 1.50. The van der Waals surface area contributed by atoms with E-state index in [2.05, 4.69) is 15.2 Å². The number of H-pyrrole nitrogens is 2. The molecule has 0 bridgehead atoms. The maximum absolute atomic E-state index is 12.0. The van der Waals surface area contributed by atoms with Crippen LogP contribution in [0, 0.1) is 0 Å². The van der Waals surface area contributed by atoms with Crippen LogP contribution in [0.3, 0.4) is 0 Å². The number of nitrogens with two attached hydrogens (primary N) is 1. The second-order valence-corrected chi connectivity index (χ2v) is 3.76. The van der Waals surface area contributed by atoms with Gasteiger partial charge in [-0.05, 0) is 0 Å². The highest BCUT2D eigenvalue weighted by Gasteiger charge is 2.12. The number of hydrogen-bond donors (Lipinski definition) is 3. The molecule has 84 valence electrons. The summed E-state index contributed by atoms with van der Waals surface area (Å²) in [6, 6.07) is 9.55. The standard InChI is InChI=1S/C12H10N4O/c13-8-6-14-12-9(11(8)17)10(15-16-12)7-4-2-1-3-5-7/h1-6H,13H2,(H2,14,15,16,17). The van der Waals surface area contributed by atoms with Crippen LogP contribution in [-0.2, 0) is 0 Å². The first-order valence-corrected chi connectivity index (χ1v) is 5.18. The van der Waals surface area contributed by atoms with Crippen molar-refractivity contribution in [3.63, 3.8) is 0 Å². The first-order valence-electron chi connectivity index (χ1n) is 5.18. The van der Waals surface area contributed by atoms with Crippen LogP contribution in [0.15, 0.2) is 41.3 Å². The van der Waals surface area contributed by atoms with E-state index >= 15 is 0 Å². The van der Waals surface area contributed by atoms with Crippen molar-refractivity contribution in [2.45, 2.75) is 0 Å². The molecule has 3 aromatic rings. The largest absolute Gasteiger partial charge is 0.394 e. The van der Waals surface area contributed by atoms with Gasteiger partial charge in [-0.25, -0.2) is 0 Å². The molecule has 0 aliphatic heterocycles. The quantitative estimate of drug-likeness (QED) is 0.587. The highest BCUT2D eigenvalue weighted by molar-refractivity contribution is 5.92. The number of hydrogen-bond acceptors (Lipinski definition) is 3. The molecule has 0 amide bonds. The molecule has 5 nitrogen and oxygen atoms in total. The third-order valence-corrected chi connectivity index (χ3v) is 2.68. The van der Waals surface area contributed by atoms with Crippen molar-refractivity contribution in [1.29, 1.82) is 0 Å². The maximum atomic E-state index is 12.0. The van der Waals surface area contributed by atoms with Crippen molar-refractivity contribution in [3.8, 4) is 11.3 Å². The van der Waals surface area contributed by atoms with E-state index in [-0.39, 0.29) is 11.1 Å². The van der Waals surface area contributed by atoms with E-state index in [4.69, 9.17) is 5.73 Å². The number of rotatable bonds is 1. The fourth-order valence-corrected chi connectivity index (χ4v) is 1.84. The number of benzene rings is 1. The van der Waals surface area contributed by atoms with E-state index in [1.54, 1.807) is 0 Å². The third kappa shape index (κ3) is 1.40. The van der Waals surface area contributed by atoms with Gasteiger partial charge < -0.3 is 10.7 Å². The van der Waals surface area contributed by atoms with Gasteiger partial charge in [0, 0.05) is 11.8 Å². The summed E-state index contributed by atoms with van der Waals surface area (Å²) < 4.78 is 0. The van der Waals surface area contributed by atoms with Gasteiger partial charge in [0.05, 0.1) is 16.8 Å². The minimum Gasteiger partial charge on any atom is -0.394 e. The van der Waals surface area contributed by atoms with Crippen LogP contribution in [-0.4, -0.2) is 15.2 Å². The fraction of sp³-hybridized carbons (Fsp3) is 0. The molecule has 5 heteroatoms. The molecule has 0 fully saturated rings. The molecule has 0 saturated heterocycles. The Morgan fingerprint density at radius 1 is 1.18 bits per heavy atom. The zero-order valence-corrected chi connectivity index (χ0v) is 8.90. The minimum atomic E-state index is -0.202. The lowest BCUT2D eigenvalue weighted by atomic mass is 10.1. The van der Waals surface area contributed by atoms with Crippen LogP contribution in [0.25, 0.3) is 22.3 Å². The molecule has 1 aromatic carbocycles. The average Bonchev–Trinajstić information content (AvgIpc) is 2.79. The summed E-state index contributed by atoms with van der Waals surface area (Å²) in [6.07, 6.45) is 1.46. The summed E-state index contributed by atoms with van der Waals surface area (Å²) in [5, 5.41) is 7.42. The number of nitrogens with one attached hydrogen (secondary N) is 2. The zero-order chi connectivity index (χ0) is 11.8. The van der Waals surface area contributed by atoms with Crippen molar-refractivity contribution in [2.75, 3.05) is 5.73 Å². The highest BCUT2D eigenvalue weighted by Crippen LogP contribution is 2.22. The molecular formula is C12H10N4O. The molecule has 3 rings (SSSR count). The summed E-state index contributed by atoms with van der Waals surface area (Å²) in [7, 11) is 0. The number of aromatic amines is 2. The number of aromatic nitrogens is 3. The Balaban J connectivity index is 2.39. The smallest absolute Gasteiger partial charge is 0.216 e. The van der Waals surface area contributed by atoms with Crippen LogP contribution in [0.2, 0.25) is 0 Å². The normalized spacial score (nSPS) is 10.8. The molecule has 0 saturated carbocycles. The van der Waals surface area contributed by atoms with Crippen LogP contribution in [0.5, 0.6) is 0 Å². The molecule has 2 heterocycles. The molecule has 0 spiro atoms. The van der Waals surface area contributed by atoms with Crippen LogP contribution in [0.4, 0.5) is 5.69 Å². The molecule has 17 heavy (non-hydrogen) atoms.